The molecule has 0 aromatic carbocycles. The maximum absolute atomic E-state index is 12.1. The first kappa shape index (κ1) is 13.3. The van der Waals surface area contributed by atoms with E-state index in [-0.39, 0.29) is 18.1 Å². The Kier molecular flexibility index (Phi) is 3.82. The fourth-order valence-electron chi connectivity index (χ4n) is 2.82. The zero-order chi connectivity index (χ0) is 13.9. The molecule has 2 saturated heterocycles. The van der Waals surface area contributed by atoms with Crippen LogP contribution in [0.15, 0.2) is 12.4 Å². The van der Waals surface area contributed by atoms with Crippen molar-refractivity contribution in [1.82, 2.24) is 15.3 Å². The molecule has 6 nitrogen and oxygen atoms in total. The van der Waals surface area contributed by atoms with Crippen molar-refractivity contribution in [3.05, 3.63) is 18.1 Å². The number of rotatable bonds is 5. The van der Waals surface area contributed by atoms with Gasteiger partial charge in [0.25, 0.3) is 5.91 Å². The van der Waals surface area contributed by atoms with Crippen LogP contribution in [0.1, 0.15) is 43.1 Å². The molecular weight excluding hydrogens is 256 g/mol. The van der Waals surface area contributed by atoms with E-state index in [0.29, 0.717) is 17.6 Å². The molecule has 2 aliphatic rings. The van der Waals surface area contributed by atoms with E-state index in [4.69, 9.17) is 4.74 Å². The summed E-state index contributed by atoms with van der Waals surface area (Å²) in [6.07, 6.45) is 7.73. The van der Waals surface area contributed by atoms with Crippen LogP contribution in [0.5, 0.6) is 0 Å². The molecule has 0 spiro atoms. The lowest BCUT2D eigenvalue weighted by Crippen LogP contribution is -2.41. The summed E-state index contributed by atoms with van der Waals surface area (Å²) < 4.78 is 5.72. The van der Waals surface area contributed by atoms with Crippen LogP contribution >= 0.6 is 0 Å². The van der Waals surface area contributed by atoms with Crippen LogP contribution in [-0.2, 0) is 4.74 Å². The van der Waals surface area contributed by atoms with E-state index in [1.807, 2.05) is 0 Å². The van der Waals surface area contributed by atoms with Gasteiger partial charge in [0.15, 0.2) is 0 Å². The minimum Gasteiger partial charge on any atom is -0.373 e. The van der Waals surface area contributed by atoms with Crippen LogP contribution in [0.2, 0.25) is 0 Å². The number of hydrogen-bond donors (Lipinski definition) is 2. The fourth-order valence-corrected chi connectivity index (χ4v) is 2.82. The first-order chi connectivity index (χ1) is 9.76. The van der Waals surface area contributed by atoms with Crippen molar-refractivity contribution in [1.29, 1.82) is 0 Å². The monoisotopic (exact) mass is 276 g/mol. The second-order valence-electron chi connectivity index (χ2n) is 5.40. The Bertz CT molecular complexity index is 477. The molecule has 108 valence electrons. The number of amides is 1. The Morgan fingerprint density at radius 3 is 2.90 bits per heavy atom. The van der Waals surface area contributed by atoms with E-state index < -0.39 is 0 Å². The van der Waals surface area contributed by atoms with E-state index in [0.717, 1.165) is 32.2 Å². The zero-order valence-electron chi connectivity index (χ0n) is 11.6. The smallest absolute Gasteiger partial charge is 0.271 e. The number of aromatic nitrogens is 2. The molecule has 3 unspecified atom stereocenters. The van der Waals surface area contributed by atoms with Crippen LogP contribution < -0.4 is 10.6 Å². The molecule has 3 atom stereocenters. The van der Waals surface area contributed by atoms with Crippen molar-refractivity contribution < 1.29 is 9.53 Å². The van der Waals surface area contributed by atoms with Crippen molar-refractivity contribution >= 4 is 11.7 Å². The number of ether oxygens (including phenoxy) is 1. The van der Waals surface area contributed by atoms with Crippen LogP contribution in [0, 0.1) is 0 Å². The summed E-state index contributed by atoms with van der Waals surface area (Å²) in [5.41, 5.74) is 0.356. The Labute approximate surface area is 118 Å². The normalized spacial score (nSPS) is 27.6. The predicted molar refractivity (Wildman–Crippen MR) is 74.6 cm³/mol. The first-order valence-corrected chi connectivity index (χ1v) is 7.28. The quantitative estimate of drug-likeness (QED) is 0.849. The summed E-state index contributed by atoms with van der Waals surface area (Å²) >= 11 is 0. The Morgan fingerprint density at radius 2 is 2.30 bits per heavy atom. The highest BCUT2D eigenvalue weighted by Gasteiger charge is 2.41. The maximum Gasteiger partial charge on any atom is 0.271 e. The number of nitrogens with zero attached hydrogens (tertiary/aromatic N) is 2. The highest BCUT2D eigenvalue weighted by molar-refractivity contribution is 5.92. The highest BCUT2D eigenvalue weighted by Crippen LogP contribution is 2.34. The Hall–Kier alpha value is -1.69. The van der Waals surface area contributed by atoms with Crippen molar-refractivity contribution in [3.63, 3.8) is 0 Å². The molecule has 0 saturated carbocycles. The summed E-state index contributed by atoms with van der Waals surface area (Å²) in [5, 5.41) is 6.13. The molecule has 1 amide bonds. The van der Waals surface area contributed by atoms with Gasteiger partial charge < -0.3 is 15.4 Å². The van der Waals surface area contributed by atoms with E-state index in [2.05, 4.69) is 27.5 Å². The number of fused-ring (bicyclic) bond motifs is 2. The molecule has 1 aromatic heterocycles. The molecule has 1 aromatic rings. The molecule has 3 heterocycles. The summed E-state index contributed by atoms with van der Waals surface area (Å²) in [6, 6.07) is 0.126. The number of anilines is 1. The van der Waals surface area contributed by atoms with E-state index >= 15 is 0 Å². The van der Waals surface area contributed by atoms with Crippen molar-refractivity contribution in [2.75, 3.05) is 11.9 Å². The van der Waals surface area contributed by atoms with E-state index in [9.17, 15) is 4.79 Å². The molecule has 0 aliphatic carbocycles. The molecule has 6 heteroatoms. The molecule has 0 radical (unpaired) electrons. The van der Waals surface area contributed by atoms with Crippen LogP contribution in [0.25, 0.3) is 0 Å². The lowest BCUT2D eigenvalue weighted by Gasteiger charge is -2.19. The lowest BCUT2D eigenvalue weighted by atomic mass is 9.95. The van der Waals surface area contributed by atoms with Gasteiger partial charge in [-0.05, 0) is 25.7 Å². The SMILES string of the molecule is CCCNc1cnc(C(=O)NC2CC3CCC2O3)cn1. The van der Waals surface area contributed by atoms with E-state index in [1.165, 1.54) is 6.20 Å². The van der Waals surface area contributed by atoms with Gasteiger partial charge in [-0.25, -0.2) is 9.97 Å². The number of hydrogen-bond acceptors (Lipinski definition) is 5. The fraction of sp³-hybridized carbons (Fsp3) is 0.643. The van der Waals surface area contributed by atoms with Gasteiger partial charge in [0, 0.05) is 6.54 Å². The molecule has 3 rings (SSSR count). The van der Waals surface area contributed by atoms with Gasteiger partial charge >= 0.3 is 0 Å². The molecule has 2 aliphatic heterocycles. The standard InChI is InChI=1S/C14H20N4O2/c1-2-5-15-13-8-16-11(7-17-13)14(19)18-10-6-9-3-4-12(10)20-9/h7-10,12H,2-6H2,1H3,(H,15,17)(H,18,19). The van der Waals surface area contributed by atoms with Gasteiger partial charge in [-0.3, -0.25) is 4.79 Å². The number of carbonyl (C=O) groups is 1. The minimum absolute atomic E-state index is 0.126. The van der Waals surface area contributed by atoms with Gasteiger partial charge in [-0.15, -0.1) is 0 Å². The molecule has 2 N–H and O–H groups in total. The average molecular weight is 276 g/mol. The topological polar surface area (TPSA) is 76.1 Å². The van der Waals surface area contributed by atoms with Crippen LogP contribution in [0.3, 0.4) is 0 Å². The molecular formula is C14H20N4O2. The van der Waals surface area contributed by atoms with Crippen LogP contribution in [-0.4, -0.2) is 40.7 Å². The Morgan fingerprint density at radius 1 is 1.40 bits per heavy atom. The molecule has 20 heavy (non-hydrogen) atoms. The molecule has 2 bridgehead atoms. The van der Waals surface area contributed by atoms with Gasteiger partial charge in [-0.2, -0.15) is 0 Å². The van der Waals surface area contributed by atoms with Gasteiger partial charge in [0.05, 0.1) is 30.6 Å². The second kappa shape index (κ2) is 5.75. The lowest BCUT2D eigenvalue weighted by molar-refractivity contribution is 0.0837. The average Bonchev–Trinajstić information content (AvgIpc) is 3.08. The van der Waals surface area contributed by atoms with E-state index in [1.54, 1.807) is 6.20 Å². The predicted octanol–water partition coefficient (Wildman–Crippen LogP) is 1.35. The number of carbonyl (C=O) groups excluding carboxylic acids is 1. The zero-order valence-corrected chi connectivity index (χ0v) is 11.6. The third-order valence-corrected chi connectivity index (χ3v) is 3.86. The third kappa shape index (κ3) is 2.75. The van der Waals surface area contributed by atoms with Crippen molar-refractivity contribution in [2.45, 2.75) is 50.9 Å². The van der Waals surface area contributed by atoms with Crippen molar-refractivity contribution in [2.24, 2.45) is 0 Å². The number of nitrogens with one attached hydrogen (secondary N) is 2. The molecule has 2 fully saturated rings. The summed E-state index contributed by atoms with van der Waals surface area (Å²) in [5.74, 6) is 0.535. The highest BCUT2D eigenvalue weighted by atomic mass is 16.5. The van der Waals surface area contributed by atoms with Crippen molar-refractivity contribution in [3.8, 4) is 0 Å². The van der Waals surface area contributed by atoms with Gasteiger partial charge in [-0.1, -0.05) is 6.92 Å². The summed E-state index contributed by atoms with van der Waals surface area (Å²) in [6.45, 7) is 2.93. The maximum atomic E-state index is 12.1. The minimum atomic E-state index is -0.166. The summed E-state index contributed by atoms with van der Waals surface area (Å²) in [7, 11) is 0. The van der Waals surface area contributed by atoms with Crippen LogP contribution in [0.4, 0.5) is 5.82 Å². The first-order valence-electron chi connectivity index (χ1n) is 7.28. The third-order valence-electron chi connectivity index (χ3n) is 3.86. The summed E-state index contributed by atoms with van der Waals surface area (Å²) in [4.78, 5) is 20.5. The Balaban J connectivity index is 1.57. The largest absolute Gasteiger partial charge is 0.373 e. The van der Waals surface area contributed by atoms with Gasteiger partial charge in [0.2, 0.25) is 0 Å². The second-order valence-corrected chi connectivity index (χ2v) is 5.40. The van der Waals surface area contributed by atoms with Gasteiger partial charge in [0.1, 0.15) is 11.5 Å².